The quantitative estimate of drug-likeness (QED) is 0.623. The first-order valence-corrected chi connectivity index (χ1v) is 4.85. The summed E-state index contributed by atoms with van der Waals surface area (Å²) in [4.78, 5) is 4.40. The average molecular weight is 164 g/mol. The fourth-order valence-electron chi connectivity index (χ4n) is 2.13. The van der Waals surface area contributed by atoms with Crippen molar-refractivity contribution in [2.75, 3.05) is 0 Å². The van der Waals surface area contributed by atoms with Crippen molar-refractivity contribution in [2.24, 2.45) is 7.05 Å². The summed E-state index contributed by atoms with van der Waals surface area (Å²) >= 11 is 0. The lowest BCUT2D eigenvalue weighted by Gasteiger charge is -2.20. The van der Waals surface area contributed by atoms with Gasteiger partial charge in [0.25, 0.3) is 0 Å². The molecule has 1 aliphatic carbocycles. The third-order valence-electron chi connectivity index (χ3n) is 2.83. The van der Waals surface area contributed by atoms with Crippen LogP contribution in [0.4, 0.5) is 0 Å². The summed E-state index contributed by atoms with van der Waals surface area (Å²) in [6, 6.07) is 0. The summed E-state index contributed by atoms with van der Waals surface area (Å²) < 4.78 is 2.16. The van der Waals surface area contributed by atoms with Gasteiger partial charge in [0, 0.05) is 25.4 Å². The van der Waals surface area contributed by atoms with Crippen molar-refractivity contribution in [1.29, 1.82) is 0 Å². The molecular formula is C10H16N2. The van der Waals surface area contributed by atoms with Crippen molar-refractivity contribution in [3.8, 4) is 0 Å². The Morgan fingerprint density at radius 2 is 2.08 bits per heavy atom. The molecule has 0 radical (unpaired) electrons. The molecule has 2 nitrogen and oxygen atoms in total. The van der Waals surface area contributed by atoms with E-state index in [9.17, 15) is 0 Å². The molecule has 0 saturated heterocycles. The van der Waals surface area contributed by atoms with Gasteiger partial charge in [0.15, 0.2) is 0 Å². The molecule has 0 unspecified atom stereocenters. The van der Waals surface area contributed by atoms with E-state index >= 15 is 0 Å². The third-order valence-corrected chi connectivity index (χ3v) is 2.83. The predicted octanol–water partition coefficient (Wildman–Crippen LogP) is 2.47. The maximum absolute atomic E-state index is 4.40. The molecule has 0 spiro atoms. The highest BCUT2D eigenvalue weighted by atomic mass is 15.0. The molecule has 1 heterocycles. The normalized spacial score (nSPS) is 19.8. The van der Waals surface area contributed by atoms with Crippen molar-refractivity contribution in [2.45, 2.75) is 38.0 Å². The summed E-state index contributed by atoms with van der Waals surface area (Å²) in [7, 11) is 2.09. The average Bonchev–Trinajstić information content (AvgIpc) is 2.53. The van der Waals surface area contributed by atoms with Gasteiger partial charge in [-0.2, -0.15) is 0 Å². The topological polar surface area (TPSA) is 17.8 Å². The van der Waals surface area contributed by atoms with Gasteiger partial charge in [-0.05, 0) is 12.8 Å². The number of rotatable bonds is 1. The van der Waals surface area contributed by atoms with Crippen molar-refractivity contribution >= 4 is 0 Å². The summed E-state index contributed by atoms with van der Waals surface area (Å²) in [6.07, 6.45) is 10.8. The number of hydrogen-bond donors (Lipinski definition) is 0. The molecular weight excluding hydrogens is 148 g/mol. The number of aryl methyl sites for hydroxylation is 1. The SMILES string of the molecule is Cn1ccnc1C1CCCCC1. The van der Waals surface area contributed by atoms with Gasteiger partial charge in [0.05, 0.1) is 0 Å². The maximum Gasteiger partial charge on any atom is 0.111 e. The molecule has 0 N–H and O–H groups in total. The lowest BCUT2D eigenvalue weighted by Crippen LogP contribution is -2.09. The minimum Gasteiger partial charge on any atom is -0.338 e. The largest absolute Gasteiger partial charge is 0.338 e. The van der Waals surface area contributed by atoms with E-state index in [2.05, 4.69) is 16.6 Å². The second-order valence-corrected chi connectivity index (χ2v) is 3.73. The zero-order valence-electron chi connectivity index (χ0n) is 7.66. The molecule has 1 aromatic rings. The van der Waals surface area contributed by atoms with Gasteiger partial charge in [0.2, 0.25) is 0 Å². The van der Waals surface area contributed by atoms with E-state index in [4.69, 9.17) is 0 Å². The molecule has 0 amide bonds. The molecule has 1 aromatic heterocycles. The molecule has 0 aliphatic heterocycles. The molecule has 2 rings (SSSR count). The van der Waals surface area contributed by atoms with Gasteiger partial charge in [0.1, 0.15) is 5.82 Å². The van der Waals surface area contributed by atoms with Gasteiger partial charge in [-0.1, -0.05) is 19.3 Å². The van der Waals surface area contributed by atoms with E-state index in [1.807, 2.05) is 12.4 Å². The van der Waals surface area contributed by atoms with Gasteiger partial charge < -0.3 is 4.57 Å². The van der Waals surface area contributed by atoms with E-state index in [1.165, 1.54) is 37.9 Å². The molecule has 1 saturated carbocycles. The van der Waals surface area contributed by atoms with E-state index in [0.29, 0.717) is 0 Å². The van der Waals surface area contributed by atoms with Crippen molar-refractivity contribution in [1.82, 2.24) is 9.55 Å². The number of aromatic nitrogens is 2. The number of nitrogens with zero attached hydrogens (tertiary/aromatic N) is 2. The highest BCUT2D eigenvalue weighted by molar-refractivity contribution is 5.00. The summed E-state index contributed by atoms with van der Waals surface area (Å²) in [5, 5.41) is 0. The van der Waals surface area contributed by atoms with Crippen LogP contribution < -0.4 is 0 Å². The molecule has 0 bridgehead atoms. The minimum absolute atomic E-state index is 0.735. The second kappa shape index (κ2) is 3.30. The predicted molar refractivity (Wildman–Crippen MR) is 49.0 cm³/mol. The summed E-state index contributed by atoms with van der Waals surface area (Å²) in [5.74, 6) is 2.02. The Morgan fingerprint density at radius 1 is 1.33 bits per heavy atom. The summed E-state index contributed by atoms with van der Waals surface area (Å²) in [6.45, 7) is 0. The third kappa shape index (κ3) is 1.38. The van der Waals surface area contributed by atoms with Gasteiger partial charge in [-0.15, -0.1) is 0 Å². The fraction of sp³-hybridized carbons (Fsp3) is 0.700. The Balaban J connectivity index is 2.13. The smallest absolute Gasteiger partial charge is 0.111 e. The van der Waals surface area contributed by atoms with Gasteiger partial charge in [-0.25, -0.2) is 4.98 Å². The zero-order chi connectivity index (χ0) is 8.39. The van der Waals surface area contributed by atoms with Gasteiger partial charge in [-0.3, -0.25) is 0 Å². The number of imidazole rings is 1. The van der Waals surface area contributed by atoms with Crippen LogP contribution in [0.15, 0.2) is 12.4 Å². The second-order valence-electron chi connectivity index (χ2n) is 3.73. The van der Waals surface area contributed by atoms with Crippen LogP contribution in [0.1, 0.15) is 43.8 Å². The number of hydrogen-bond acceptors (Lipinski definition) is 1. The van der Waals surface area contributed by atoms with Crippen LogP contribution in [0.5, 0.6) is 0 Å². The first kappa shape index (κ1) is 7.84. The van der Waals surface area contributed by atoms with Crippen LogP contribution in [-0.2, 0) is 7.05 Å². The van der Waals surface area contributed by atoms with Crippen molar-refractivity contribution in [3.05, 3.63) is 18.2 Å². The van der Waals surface area contributed by atoms with E-state index < -0.39 is 0 Å². The maximum atomic E-state index is 4.40. The fourth-order valence-corrected chi connectivity index (χ4v) is 2.13. The van der Waals surface area contributed by atoms with Crippen LogP contribution in [0.25, 0.3) is 0 Å². The summed E-state index contributed by atoms with van der Waals surface area (Å²) in [5.41, 5.74) is 0. The molecule has 66 valence electrons. The first-order chi connectivity index (χ1) is 5.88. The molecule has 2 heteroatoms. The molecule has 1 fully saturated rings. The highest BCUT2D eigenvalue weighted by Gasteiger charge is 2.18. The van der Waals surface area contributed by atoms with Crippen LogP contribution in [0.3, 0.4) is 0 Å². The molecule has 1 aliphatic rings. The van der Waals surface area contributed by atoms with Crippen LogP contribution in [-0.4, -0.2) is 9.55 Å². The molecule has 12 heavy (non-hydrogen) atoms. The first-order valence-electron chi connectivity index (χ1n) is 4.85. The lowest BCUT2D eigenvalue weighted by atomic mass is 9.89. The lowest BCUT2D eigenvalue weighted by molar-refractivity contribution is 0.421. The highest BCUT2D eigenvalue weighted by Crippen LogP contribution is 2.30. The standard InChI is InChI=1S/C10H16N2/c1-12-8-7-11-10(12)9-5-3-2-4-6-9/h7-9H,2-6H2,1H3. The Kier molecular flexibility index (Phi) is 2.15. The van der Waals surface area contributed by atoms with Crippen LogP contribution >= 0.6 is 0 Å². The van der Waals surface area contributed by atoms with Gasteiger partial charge >= 0.3 is 0 Å². The molecule has 0 atom stereocenters. The minimum atomic E-state index is 0.735. The Hall–Kier alpha value is -0.790. The Morgan fingerprint density at radius 3 is 2.67 bits per heavy atom. The molecule has 0 aromatic carbocycles. The zero-order valence-corrected chi connectivity index (χ0v) is 7.66. The van der Waals surface area contributed by atoms with E-state index in [0.717, 1.165) is 5.92 Å². The van der Waals surface area contributed by atoms with Crippen LogP contribution in [0, 0.1) is 0 Å². The van der Waals surface area contributed by atoms with Crippen molar-refractivity contribution < 1.29 is 0 Å². The monoisotopic (exact) mass is 164 g/mol. The van der Waals surface area contributed by atoms with Crippen LogP contribution in [0.2, 0.25) is 0 Å². The van der Waals surface area contributed by atoms with Crippen molar-refractivity contribution in [3.63, 3.8) is 0 Å². The van der Waals surface area contributed by atoms with E-state index in [1.54, 1.807) is 0 Å². The Labute approximate surface area is 73.6 Å². The van der Waals surface area contributed by atoms with E-state index in [-0.39, 0.29) is 0 Å². The Bertz CT molecular complexity index is 246.